The number of hydrogen-bond donors (Lipinski definition) is 2. The normalized spacial score (nSPS) is 14.2. The van der Waals surface area contributed by atoms with E-state index in [1.165, 1.54) is 6.42 Å². The van der Waals surface area contributed by atoms with E-state index in [0.717, 1.165) is 54.1 Å². The number of amides is 1. The van der Waals surface area contributed by atoms with Crippen LogP contribution in [-0.2, 0) is 11.2 Å². The summed E-state index contributed by atoms with van der Waals surface area (Å²) in [5.41, 5.74) is 4.50. The van der Waals surface area contributed by atoms with E-state index in [9.17, 15) is 4.79 Å². The largest absolute Gasteiger partial charge is 0.340 e. The lowest BCUT2D eigenvalue weighted by atomic mass is 10.1. The van der Waals surface area contributed by atoms with Gasteiger partial charge in [0.15, 0.2) is 0 Å². The maximum Gasteiger partial charge on any atom is 0.246 e. The minimum Gasteiger partial charge on any atom is -0.340 e. The summed E-state index contributed by atoms with van der Waals surface area (Å²) in [5.74, 6) is 0.846. The van der Waals surface area contributed by atoms with Crippen molar-refractivity contribution in [3.8, 4) is 5.69 Å². The molecule has 0 unspecified atom stereocenters. The molecule has 8 nitrogen and oxygen atoms in total. The third-order valence-electron chi connectivity index (χ3n) is 5.55. The molecule has 1 aromatic carbocycles. The molecule has 0 spiro atoms. The van der Waals surface area contributed by atoms with E-state index in [0.29, 0.717) is 16.9 Å². The van der Waals surface area contributed by atoms with Crippen molar-refractivity contribution in [3.63, 3.8) is 0 Å². The van der Waals surface area contributed by atoms with Crippen LogP contribution in [0.3, 0.4) is 0 Å². The minimum absolute atomic E-state index is 0.163. The van der Waals surface area contributed by atoms with Crippen LogP contribution in [0.4, 0.5) is 11.9 Å². The summed E-state index contributed by atoms with van der Waals surface area (Å²) >= 11 is 6.27. The van der Waals surface area contributed by atoms with E-state index in [4.69, 9.17) is 11.6 Å². The Morgan fingerprint density at radius 1 is 1.20 bits per heavy atom. The van der Waals surface area contributed by atoms with Gasteiger partial charge in [-0.05, 0) is 57.7 Å². The Morgan fingerprint density at radius 2 is 1.97 bits per heavy atom. The number of aryl methyl sites for hydroxylation is 2. The van der Waals surface area contributed by atoms with Crippen LogP contribution in [0.5, 0.6) is 0 Å². The maximum absolute atomic E-state index is 12.6. The van der Waals surface area contributed by atoms with Gasteiger partial charge in [-0.2, -0.15) is 10.1 Å². The van der Waals surface area contributed by atoms with Crippen molar-refractivity contribution in [1.82, 2.24) is 25.0 Å². The summed E-state index contributed by atoms with van der Waals surface area (Å²) < 4.78 is 1.83. The highest BCUT2D eigenvalue weighted by Crippen LogP contribution is 2.23. The van der Waals surface area contributed by atoms with Gasteiger partial charge in [0.2, 0.25) is 17.8 Å². The molecule has 1 aliphatic rings. The molecule has 158 valence electrons. The summed E-state index contributed by atoms with van der Waals surface area (Å²) in [6.45, 7) is 7.73. The van der Waals surface area contributed by atoms with Crippen molar-refractivity contribution < 1.29 is 4.79 Å². The molecule has 0 radical (unpaired) electrons. The van der Waals surface area contributed by atoms with E-state index in [1.54, 1.807) is 0 Å². The molecule has 4 rings (SSSR count). The minimum atomic E-state index is -0.163. The molecular weight excluding hydrogens is 402 g/mol. The number of halogens is 1. The number of aromatic amines is 1. The molecule has 3 aromatic rings. The maximum atomic E-state index is 12.6. The molecule has 0 atom stereocenters. The zero-order valence-corrected chi connectivity index (χ0v) is 18.3. The first-order valence-corrected chi connectivity index (χ1v) is 10.6. The first-order chi connectivity index (χ1) is 14.4. The van der Waals surface area contributed by atoms with Crippen molar-refractivity contribution >= 4 is 29.4 Å². The fraction of sp³-hybridized carbons (Fsp3) is 0.429. The van der Waals surface area contributed by atoms with E-state index >= 15 is 0 Å². The second-order valence-electron chi connectivity index (χ2n) is 7.75. The van der Waals surface area contributed by atoms with Gasteiger partial charge in [-0.15, -0.1) is 5.10 Å². The van der Waals surface area contributed by atoms with E-state index in [-0.39, 0.29) is 12.3 Å². The average molecular weight is 428 g/mol. The molecule has 1 saturated heterocycles. The number of H-pyrrole nitrogens is 1. The van der Waals surface area contributed by atoms with Crippen LogP contribution < -0.4 is 10.2 Å². The number of benzene rings is 1. The molecule has 1 aliphatic heterocycles. The Balaban J connectivity index is 1.46. The summed E-state index contributed by atoms with van der Waals surface area (Å²) in [5, 5.41) is 15.2. The molecule has 0 aliphatic carbocycles. The Bertz CT molecular complexity index is 1070. The predicted octanol–water partition coefficient (Wildman–Crippen LogP) is 3.74. The molecule has 1 amide bonds. The summed E-state index contributed by atoms with van der Waals surface area (Å²) in [4.78, 5) is 19.2. The summed E-state index contributed by atoms with van der Waals surface area (Å²) in [6, 6.07) is 5.82. The molecule has 0 bridgehead atoms. The Kier molecular flexibility index (Phi) is 5.76. The number of anilines is 2. The van der Waals surface area contributed by atoms with Crippen LogP contribution in [0, 0.1) is 20.8 Å². The first kappa shape index (κ1) is 20.4. The number of carbonyl (C=O) groups excluding carboxylic acids is 1. The molecule has 2 aromatic heterocycles. The van der Waals surface area contributed by atoms with Crippen LogP contribution in [-0.4, -0.2) is 44.0 Å². The van der Waals surface area contributed by atoms with Crippen LogP contribution in [0.25, 0.3) is 5.69 Å². The number of hydrogen-bond acceptors (Lipinski definition) is 5. The van der Waals surface area contributed by atoms with Crippen LogP contribution >= 0.6 is 11.6 Å². The van der Waals surface area contributed by atoms with Crippen molar-refractivity contribution in [1.29, 1.82) is 0 Å². The van der Waals surface area contributed by atoms with Gasteiger partial charge >= 0.3 is 0 Å². The Hall–Kier alpha value is -2.87. The zero-order valence-electron chi connectivity index (χ0n) is 17.5. The van der Waals surface area contributed by atoms with Gasteiger partial charge in [-0.3, -0.25) is 10.1 Å². The molecule has 2 N–H and O–H groups in total. The summed E-state index contributed by atoms with van der Waals surface area (Å²) in [6.07, 6.45) is 3.73. The number of aromatic nitrogens is 5. The Labute approximate surface area is 180 Å². The summed E-state index contributed by atoms with van der Waals surface area (Å²) in [7, 11) is 0. The highest BCUT2D eigenvalue weighted by atomic mass is 35.5. The fourth-order valence-corrected chi connectivity index (χ4v) is 3.95. The predicted molar refractivity (Wildman–Crippen MR) is 118 cm³/mol. The van der Waals surface area contributed by atoms with Crippen LogP contribution in [0.2, 0.25) is 5.02 Å². The number of nitrogens with one attached hydrogen (secondary N) is 2. The lowest BCUT2D eigenvalue weighted by molar-refractivity contribution is -0.115. The van der Waals surface area contributed by atoms with Gasteiger partial charge in [0.05, 0.1) is 17.8 Å². The van der Waals surface area contributed by atoms with E-state index in [2.05, 4.69) is 30.5 Å². The topological polar surface area (TPSA) is 91.7 Å². The average Bonchev–Trinajstić information content (AvgIpc) is 3.31. The molecule has 3 heterocycles. The molecular formula is C21H26ClN7O. The molecule has 1 fully saturated rings. The second-order valence-corrected chi connectivity index (χ2v) is 8.16. The third-order valence-corrected chi connectivity index (χ3v) is 5.96. The number of rotatable bonds is 5. The van der Waals surface area contributed by atoms with E-state index < -0.39 is 0 Å². The second kappa shape index (κ2) is 8.47. The van der Waals surface area contributed by atoms with Gasteiger partial charge in [0, 0.05) is 29.4 Å². The standard InChI is InChI=1S/C21H26ClN7O/c1-13-7-8-16(11-18(13)22)29-15(3)17(14(2)27-29)12-19(30)23-20-24-21(26-25-20)28-9-5-4-6-10-28/h7-8,11H,4-6,9-10,12H2,1-3H3,(H2,23,24,25,26,30). The lowest BCUT2D eigenvalue weighted by Gasteiger charge is -2.24. The zero-order chi connectivity index (χ0) is 21.3. The van der Waals surface area contributed by atoms with Crippen molar-refractivity contribution in [2.45, 2.75) is 46.5 Å². The SMILES string of the molecule is Cc1ccc(-n2nc(C)c(CC(=O)Nc3nc(N4CCCCC4)n[nH]3)c2C)cc1Cl. The Morgan fingerprint density at radius 3 is 2.70 bits per heavy atom. The lowest BCUT2D eigenvalue weighted by Crippen LogP contribution is -2.30. The van der Waals surface area contributed by atoms with Gasteiger partial charge < -0.3 is 4.90 Å². The van der Waals surface area contributed by atoms with Crippen LogP contribution in [0.15, 0.2) is 18.2 Å². The van der Waals surface area contributed by atoms with Gasteiger partial charge in [-0.1, -0.05) is 17.7 Å². The number of piperidine rings is 1. The molecule has 30 heavy (non-hydrogen) atoms. The highest BCUT2D eigenvalue weighted by molar-refractivity contribution is 6.31. The first-order valence-electron chi connectivity index (χ1n) is 10.2. The third kappa shape index (κ3) is 4.18. The van der Waals surface area contributed by atoms with Crippen molar-refractivity contribution in [3.05, 3.63) is 45.7 Å². The number of nitrogens with zero attached hydrogens (tertiary/aromatic N) is 5. The fourth-order valence-electron chi connectivity index (χ4n) is 3.78. The highest BCUT2D eigenvalue weighted by Gasteiger charge is 2.19. The van der Waals surface area contributed by atoms with Gasteiger partial charge in [0.1, 0.15) is 0 Å². The van der Waals surface area contributed by atoms with Crippen LogP contribution in [0.1, 0.15) is 41.8 Å². The van der Waals surface area contributed by atoms with E-state index in [1.807, 2.05) is 43.7 Å². The quantitative estimate of drug-likeness (QED) is 0.647. The number of carbonyl (C=O) groups is 1. The monoisotopic (exact) mass is 427 g/mol. The van der Waals surface area contributed by atoms with Gasteiger partial charge in [-0.25, -0.2) is 9.78 Å². The van der Waals surface area contributed by atoms with Crippen molar-refractivity contribution in [2.24, 2.45) is 0 Å². The molecule has 0 saturated carbocycles. The molecule has 9 heteroatoms. The van der Waals surface area contributed by atoms with Gasteiger partial charge in [0.25, 0.3) is 0 Å². The van der Waals surface area contributed by atoms with Crippen molar-refractivity contribution in [2.75, 3.05) is 23.3 Å². The smallest absolute Gasteiger partial charge is 0.246 e.